The van der Waals surface area contributed by atoms with E-state index in [1.165, 1.54) is 0 Å². The summed E-state index contributed by atoms with van der Waals surface area (Å²) in [4.78, 5) is 6.20. The minimum absolute atomic E-state index is 0.315. The maximum atomic E-state index is 9.61. The monoisotopic (exact) mass is 178 g/mol. The summed E-state index contributed by atoms with van der Waals surface area (Å²) in [6, 6.07) is 3.98. The van der Waals surface area contributed by atoms with Gasteiger partial charge in [0.15, 0.2) is 0 Å². The van der Waals surface area contributed by atoms with Gasteiger partial charge in [-0.3, -0.25) is 4.98 Å². The van der Waals surface area contributed by atoms with Crippen molar-refractivity contribution in [2.75, 3.05) is 11.4 Å². The third kappa shape index (κ3) is 1.65. The molecule has 1 aliphatic heterocycles. The topological polar surface area (TPSA) is 36.4 Å². The fraction of sp³-hybridized carbons (Fsp3) is 0.500. The summed E-state index contributed by atoms with van der Waals surface area (Å²) >= 11 is 0. The van der Waals surface area contributed by atoms with Crippen molar-refractivity contribution in [2.45, 2.75) is 26.0 Å². The Labute approximate surface area is 78.0 Å². The van der Waals surface area contributed by atoms with Crippen LogP contribution in [0, 0.1) is 6.92 Å². The molecule has 0 saturated carbocycles. The van der Waals surface area contributed by atoms with Gasteiger partial charge in [0.25, 0.3) is 0 Å². The Bertz CT molecular complexity index is 283. The highest BCUT2D eigenvalue weighted by Crippen LogP contribution is 2.22. The van der Waals surface area contributed by atoms with Gasteiger partial charge < -0.3 is 10.0 Å². The smallest absolute Gasteiger partial charge is 0.127 e. The molecule has 2 heterocycles. The minimum atomic E-state index is -0.315. The molecule has 0 amide bonds. The first-order chi connectivity index (χ1) is 6.27. The molecule has 13 heavy (non-hydrogen) atoms. The third-order valence-electron chi connectivity index (χ3n) is 2.45. The molecule has 1 aromatic heterocycles. The number of hydrogen-bond acceptors (Lipinski definition) is 3. The molecule has 1 aromatic rings. The summed E-state index contributed by atoms with van der Waals surface area (Å²) in [5, 5.41) is 9.61. The number of rotatable bonds is 1. The van der Waals surface area contributed by atoms with Gasteiger partial charge in [-0.25, -0.2) is 0 Å². The minimum Gasteiger partial charge on any atom is -0.374 e. The van der Waals surface area contributed by atoms with Crippen LogP contribution in [0.15, 0.2) is 18.3 Å². The summed E-state index contributed by atoms with van der Waals surface area (Å²) in [6.07, 6.45) is 3.44. The zero-order chi connectivity index (χ0) is 9.26. The first kappa shape index (κ1) is 8.51. The number of anilines is 1. The summed E-state index contributed by atoms with van der Waals surface area (Å²) in [7, 11) is 0. The standard InChI is InChI=1S/C10H14N2O/c1-8-4-5-9(7-11-8)12-6-2-3-10(12)13/h4-5,7,10,13H,2-3,6H2,1H3. The van der Waals surface area contributed by atoms with E-state index < -0.39 is 0 Å². The van der Waals surface area contributed by atoms with E-state index in [-0.39, 0.29) is 6.23 Å². The van der Waals surface area contributed by atoms with Crippen LogP contribution in [0.4, 0.5) is 5.69 Å². The second-order valence-electron chi connectivity index (χ2n) is 3.47. The van der Waals surface area contributed by atoms with Crippen LogP contribution in [0.5, 0.6) is 0 Å². The lowest BCUT2D eigenvalue weighted by atomic mass is 10.3. The molecule has 0 radical (unpaired) electrons. The highest BCUT2D eigenvalue weighted by molar-refractivity contribution is 5.45. The van der Waals surface area contributed by atoms with E-state index >= 15 is 0 Å². The van der Waals surface area contributed by atoms with Gasteiger partial charge in [0.1, 0.15) is 6.23 Å². The Balaban J connectivity index is 2.20. The normalized spacial score (nSPS) is 22.3. The van der Waals surface area contributed by atoms with Crippen LogP contribution < -0.4 is 4.90 Å². The van der Waals surface area contributed by atoms with Crippen molar-refractivity contribution in [1.82, 2.24) is 4.98 Å². The first-order valence-electron chi connectivity index (χ1n) is 4.65. The van der Waals surface area contributed by atoms with Crippen LogP contribution in [-0.4, -0.2) is 22.9 Å². The van der Waals surface area contributed by atoms with Crippen LogP contribution in [0.2, 0.25) is 0 Å². The second-order valence-corrected chi connectivity index (χ2v) is 3.47. The molecule has 1 unspecified atom stereocenters. The van der Waals surface area contributed by atoms with Crippen molar-refractivity contribution in [3.8, 4) is 0 Å². The van der Waals surface area contributed by atoms with E-state index in [0.29, 0.717) is 0 Å². The van der Waals surface area contributed by atoms with Gasteiger partial charge in [-0.15, -0.1) is 0 Å². The number of aliphatic hydroxyl groups excluding tert-OH is 1. The highest BCUT2D eigenvalue weighted by atomic mass is 16.3. The van der Waals surface area contributed by atoms with Crippen molar-refractivity contribution in [3.63, 3.8) is 0 Å². The predicted molar refractivity (Wildman–Crippen MR) is 51.6 cm³/mol. The molecule has 70 valence electrons. The number of aryl methyl sites for hydroxylation is 1. The fourth-order valence-corrected chi connectivity index (χ4v) is 1.68. The molecule has 1 N–H and O–H groups in total. The van der Waals surface area contributed by atoms with Crippen molar-refractivity contribution in [2.24, 2.45) is 0 Å². The maximum Gasteiger partial charge on any atom is 0.127 e. The summed E-state index contributed by atoms with van der Waals surface area (Å²) in [6.45, 7) is 2.90. The largest absolute Gasteiger partial charge is 0.374 e. The molecule has 0 aromatic carbocycles. The molecule has 0 aliphatic carbocycles. The Morgan fingerprint density at radius 1 is 1.54 bits per heavy atom. The van der Waals surface area contributed by atoms with Crippen molar-refractivity contribution in [1.29, 1.82) is 0 Å². The summed E-state index contributed by atoms with van der Waals surface area (Å²) in [5.41, 5.74) is 2.04. The van der Waals surface area contributed by atoms with E-state index in [1.54, 1.807) is 0 Å². The quantitative estimate of drug-likeness (QED) is 0.704. The molecule has 0 bridgehead atoms. The van der Waals surface area contributed by atoms with Crippen LogP contribution in [0.3, 0.4) is 0 Å². The molecule has 1 atom stereocenters. The zero-order valence-corrected chi connectivity index (χ0v) is 7.77. The Morgan fingerprint density at radius 2 is 2.38 bits per heavy atom. The molecular weight excluding hydrogens is 164 g/mol. The van der Waals surface area contributed by atoms with Crippen molar-refractivity contribution < 1.29 is 5.11 Å². The molecule has 1 saturated heterocycles. The summed E-state index contributed by atoms with van der Waals surface area (Å²) < 4.78 is 0. The zero-order valence-electron chi connectivity index (χ0n) is 7.77. The van der Waals surface area contributed by atoms with E-state index in [0.717, 1.165) is 30.8 Å². The number of pyridine rings is 1. The van der Waals surface area contributed by atoms with Gasteiger partial charge in [0.05, 0.1) is 11.9 Å². The molecule has 2 rings (SSSR count). The van der Waals surface area contributed by atoms with E-state index in [4.69, 9.17) is 0 Å². The van der Waals surface area contributed by atoms with Crippen molar-refractivity contribution in [3.05, 3.63) is 24.0 Å². The lowest BCUT2D eigenvalue weighted by Gasteiger charge is -2.21. The van der Waals surface area contributed by atoms with Gasteiger partial charge in [-0.1, -0.05) is 0 Å². The Kier molecular flexibility index (Phi) is 2.19. The van der Waals surface area contributed by atoms with E-state index in [1.807, 2.05) is 30.2 Å². The summed E-state index contributed by atoms with van der Waals surface area (Å²) in [5.74, 6) is 0. The van der Waals surface area contributed by atoms with Gasteiger partial charge in [-0.05, 0) is 31.9 Å². The van der Waals surface area contributed by atoms with Crippen molar-refractivity contribution >= 4 is 5.69 Å². The Hall–Kier alpha value is -1.09. The third-order valence-corrected chi connectivity index (χ3v) is 2.45. The highest BCUT2D eigenvalue weighted by Gasteiger charge is 2.21. The molecule has 1 fully saturated rings. The van der Waals surface area contributed by atoms with Crippen LogP contribution in [0.1, 0.15) is 18.5 Å². The number of hydrogen-bond donors (Lipinski definition) is 1. The molecule has 3 heteroatoms. The average molecular weight is 178 g/mol. The lowest BCUT2D eigenvalue weighted by molar-refractivity contribution is 0.185. The molecular formula is C10H14N2O. The van der Waals surface area contributed by atoms with Gasteiger partial charge in [0.2, 0.25) is 0 Å². The molecule has 0 spiro atoms. The van der Waals surface area contributed by atoms with Gasteiger partial charge >= 0.3 is 0 Å². The molecule has 3 nitrogen and oxygen atoms in total. The second kappa shape index (κ2) is 3.34. The fourth-order valence-electron chi connectivity index (χ4n) is 1.68. The van der Waals surface area contributed by atoms with Crippen LogP contribution >= 0.6 is 0 Å². The van der Waals surface area contributed by atoms with Crippen LogP contribution in [0.25, 0.3) is 0 Å². The number of aromatic nitrogens is 1. The number of aliphatic hydroxyl groups is 1. The molecule has 1 aliphatic rings. The SMILES string of the molecule is Cc1ccc(N2CCCC2O)cn1. The predicted octanol–water partition coefficient (Wildman–Crippen LogP) is 1.31. The lowest BCUT2D eigenvalue weighted by Crippen LogP contribution is -2.28. The van der Waals surface area contributed by atoms with E-state index in [9.17, 15) is 5.11 Å². The first-order valence-corrected chi connectivity index (χ1v) is 4.65. The maximum absolute atomic E-state index is 9.61. The average Bonchev–Trinajstić information content (AvgIpc) is 2.53. The number of nitrogens with zero attached hydrogens (tertiary/aromatic N) is 2. The Morgan fingerprint density at radius 3 is 2.92 bits per heavy atom. The van der Waals surface area contributed by atoms with E-state index in [2.05, 4.69) is 4.98 Å². The van der Waals surface area contributed by atoms with Gasteiger partial charge in [0, 0.05) is 12.2 Å². The van der Waals surface area contributed by atoms with Crippen LogP contribution in [-0.2, 0) is 0 Å². The van der Waals surface area contributed by atoms with Gasteiger partial charge in [-0.2, -0.15) is 0 Å².